The van der Waals surface area contributed by atoms with Gasteiger partial charge in [-0.1, -0.05) is 30.3 Å². The van der Waals surface area contributed by atoms with Crippen molar-refractivity contribution in [1.29, 1.82) is 0 Å². The van der Waals surface area contributed by atoms with Crippen molar-refractivity contribution in [3.05, 3.63) is 77.2 Å². The molecule has 0 fully saturated rings. The van der Waals surface area contributed by atoms with Crippen LogP contribution in [0.3, 0.4) is 0 Å². The Kier molecular flexibility index (Phi) is 4.92. The van der Waals surface area contributed by atoms with Crippen molar-refractivity contribution in [3.63, 3.8) is 0 Å². The van der Waals surface area contributed by atoms with E-state index in [-0.39, 0.29) is 31.0 Å². The maximum atomic E-state index is 12.4. The summed E-state index contributed by atoms with van der Waals surface area (Å²) in [5, 5.41) is 8.32. The lowest BCUT2D eigenvalue weighted by molar-refractivity contribution is -0.145. The molecule has 0 aliphatic carbocycles. The zero-order valence-electron chi connectivity index (χ0n) is 14.8. The minimum absolute atomic E-state index is 0.0274. The molecule has 0 aliphatic rings. The Labute approximate surface area is 159 Å². The van der Waals surface area contributed by atoms with E-state index in [4.69, 9.17) is 9.15 Å². The smallest absolute Gasteiger partial charge is 0.308 e. The number of carbonyl (C=O) groups excluding carboxylic acids is 1. The molecule has 8 heteroatoms. The Bertz CT molecular complexity index is 1170. The van der Waals surface area contributed by atoms with Gasteiger partial charge < -0.3 is 9.15 Å². The highest BCUT2D eigenvalue weighted by molar-refractivity contribution is 5.77. The zero-order chi connectivity index (χ0) is 19.3. The van der Waals surface area contributed by atoms with Crippen LogP contribution >= 0.6 is 0 Å². The number of para-hydroxylation sites is 1. The molecule has 2 heterocycles. The minimum Gasteiger partial charge on any atom is -0.456 e. The van der Waals surface area contributed by atoms with Crippen LogP contribution in [0.1, 0.15) is 12.3 Å². The summed E-state index contributed by atoms with van der Waals surface area (Å²) in [6.45, 7) is 0.0537. The highest BCUT2D eigenvalue weighted by Crippen LogP contribution is 2.17. The lowest BCUT2D eigenvalue weighted by Gasteiger charge is -2.06. The number of hydrogen-bond acceptors (Lipinski definition) is 7. The number of esters is 1. The molecule has 4 aromatic rings. The first-order valence-electron chi connectivity index (χ1n) is 8.68. The average Bonchev–Trinajstić information content (AvgIpc) is 3.22. The van der Waals surface area contributed by atoms with E-state index in [9.17, 15) is 9.59 Å². The summed E-state index contributed by atoms with van der Waals surface area (Å²) in [6.07, 6.45) is 1.46. The third kappa shape index (κ3) is 3.80. The van der Waals surface area contributed by atoms with Gasteiger partial charge in [0.15, 0.2) is 6.61 Å². The number of carbonyl (C=O) groups is 1. The van der Waals surface area contributed by atoms with Gasteiger partial charge in [0, 0.05) is 12.1 Å². The van der Waals surface area contributed by atoms with Crippen molar-refractivity contribution in [2.45, 2.75) is 19.6 Å². The second-order valence-electron chi connectivity index (χ2n) is 6.04. The number of aryl methyl sites for hydroxylation is 1. The van der Waals surface area contributed by atoms with Crippen LogP contribution in [0.2, 0.25) is 0 Å². The van der Waals surface area contributed by atoms with Gasteiger partial charge in [0.25, 0.3) is 11.4 Å². The topological polar surface area (TPSA) is 100 Å². The van der Waals surface area contributed by atoms with Gasteiger partial charge in [-0.15, -0.1) is 10.2 Å². The van der Waals surface area contributed by atoms with E-state index in [2.05, 4.69) is 15.2 Å². The molecule has 0 saturated carbocycles. The molecular weight excluding hydrogens is 360 g/mol. The van der Waals surface area contributed by atoms with Crippen molar-refractivity contribution >= 4 is 16.9 Å². The zero-order valence-corrected chi connectivity index (χ0v) is 14.8. The molecule has 0 saturated heterocycles. The van der Waals surface area contributed by atoms with Gasteiger partial charge >= 0.3 is 5.97 Å². The van der Waals surface area contributed by atoms with E-state index in [0.717, 1.165) is 5.56 Å². The summed E-state index contributed by atoms with van der Waals surface area (Å²) in [5.74, 6) is 0.0942. The Balaban J connectivity index is 1.34. The summed E-state index contributed by atoms with van der Waals surface area (Å²) in [6, 6.07) is 16.4. The fourth-order valence-corrected chi connectivity index (χ4v) is 2.70. The molecule has 4 rings (SSSR count). The molecule has 0 radical (unpaired) electrons. The molecule has 8 nitrogen and oxygen atoms in total. The molecule has 0 atom stereocenters. The maximum Gasteiger partial charge on any atom is 0.308 e. The van der Waals surface area contributed by atoms with Crippen LogP contribution in [0.25, 0.3) is 22.4 Å². The number of fused-ring (bicyclic) bond motifs is 1. The van der Waals surface area contributed by atoms with E-state index in [1.807, 2.05) is 36.4 Å². The Morgan fingerprint density at radius 3 is 2.68 bits per heavy atom. The summed E-state index contributed by atoms with van der Waals surface area (Å²) >= 11 is 0. The Hall–Kier alpha value is -3.81. The lowest BCUT2D eigenvalue weighted by Crippen LogP contribution is -2.22. The van der Waals surface area contributed by atoms with Crippen molar-refractivity contribution in [1.82, 2.24) is 19.7 Å². The van der Waals surface area contributed by atoms with Crippen LogP contribution in [0.15, 0.2) is 70.1 Å². The standard InChI is InChI=1S/C20H16N4O4/c25-18(10-11-24-13-21-16-9-5-4-8-15(16)20(24)26)27-12-17-22-23-19(28-17)14-6-2-1-3-7-14/h1-9,13H,10-12H2. The van der Waals surface area contributed by atoms with Gasteiger partial charge in [-0.2, -0.15) is 0 Å². The quantitative estimate of drug-likeness (QED) is 0.477. The first-order valence-corrected chi connectivity index (χ1v) is 8.68. The SMILES string of the molecule is O=C(CCn1cnc2ccccc2c1=O)OCc1nnc(-c2ccccc2)o1. The largest absolute Gasteiger partial charge is 0.456 e. The monoisotopic (exact) mass is 376 g/mol. The molecule has 0 amide bonds. The number of aromatic nitrogens is 4. The van der Waals surface area contributed by atoms with E-state index >= 15 is 0 Å². The predicted octanol–water partition coefficient (Wildman–Crippen LogP) is 2.58. The molecule has 2 aromatic heterocycles. The van der Waals surface area contributed by atoms with Gasteiger partial charge in [0.05, 0.1) is 23.7 Å². The maximum absolute atomic E-state index is 12.4. The number of nitrogens with zero attached hydrogens (tertiary/aromatic N) is 4. The summed E-state index contributed by atoms with van der Waals surface area (Å²) < 4.78 is 12.0. The molecule has 2 aromatic carbocycles. The second-order valence-corrected chi connectivity index (χ2v) is 6.04. The minimum atomic E-state index is -0.473. The normalized spacial score (nSPS) is 10.9. The molecule has 0 bridgehead atoms. The molecule has 0 unspecified atom stereocenters. The molecule has 0 aliphatic heterocycles. The van der Waals surface area contributed by atoms with Crippen LogP contribution in [-0.2, 0) is 22.7 Å². The Morgan fingerprint density at radius 1 is 1.04 bits per heavy atom. The van der Waals surface area contributed by atoms with Crippen LogP contribution in [0.4, 0.5) is 0 Å². The van der Waals surface area contributed by atoms with Gasteiger partial charge in [-0.05, 0) is 24.3 Å². The van der Waals surface area contributed by atoms with Gasteiger partial charge in [-0.25, -0.2) is 4.98 Å². The van der Waals surface area contributed by atoms with Gasteiger partial charge in [0.1, 0.15) is 0 Å². The molecule has 0 N–H and O–H groups in total. The van der Waals surface area contributed by atoms with E-state index < -0.39 is 5.97 Å². The fraction of sp³-hybridized carbons (Fsp3) is 0.150. The summed E-state index contributed by atoms with van der Waals surface area (Å²) in [5.41, 5.74) is 1.22. The third-order valence-corrected chi connectivity index (χ3v) is 4.13. The third-order valence-electron chi connectivity index (χ3n) is 4.13. The van der Waals surface area contributed by atoms with E-state index in [0.29, 0.717) is 16.8 Å². The van der Waals surface area contributed by atoms with Crippen molar-refractivity contribution in [2.24, 2.45) is 0 Å². The van der Waals surface area contributed by atoms with Crippen molar-refractivity contribution < 1.29 is 13.9 Å². The molecular formula is C20H16N4O4. The first-order chi connectivity index (χ1) is 13.7. The van der Waals surface area contributed by atoms with Crippen LogP contribution in [-0.4, -0.2) is 25.7 Å². The fourth-order valence-electron chi connectivity index (χ4n) is 2.70. The Morgan fingerprint density at radius 2 is 1.82 bits per heavy atom. The van der Waals surface area contributed by atoms with Crippen LogP contribution in [0, 0.1) is 0 Å². The predicted molar refractivity (Wildman–Crippen MR) is 100 cm³/mol. The average molecular weight is 376 g/mol. The summed E-state index contributed by atoms with van der Waals surface area (Å²) in [4.78, 5) is 28.6. The van der Waals surface area contributed by atoms with Crippen LogP contribution < -0.4 is 5.56 Å². The second kappa shape index (κ2) is 7.83. The number of ether oxygens (including phenoxy) is 1. The van der Waals surface area contributed by atoms with E-state index in [1.165, 1.54) is 10.9 Å². The molecule has 140 valence electrons. The first kappa shape index (κ1) is 17.6. The van der Waals surface area contributed by atoms with Crippen LogP contribution in [0.5, 0.6) is 0 Å². The van der Waals surface area contributed by atoms with Gasteiger partial charge in [0.2, 0.25) is 5.89 Å². The number of benzene rings is 2. The van der Waals surface area contributed by atoms with Crippen molar-refractivity contribution in [3.8, 4) is 11.5 Å². The summed E-state index contributed by atoms with van der Waals surface area (Å²) in [7, 11) is 0. The van der Waals surface area contributed by atoms with E-state index in [1.54, 1.807) is 18.2 Å². The molecule has 0 spiro atoms. The van der Waals surface area contributed by atoms with Crippen molar-refractivity contribution in [2.75, 3.05) is 0 Å². The lowest BCUT2D eigenvalue weighted by atomic mass is 10.2. The highest BCUT2D eigenvalue weighted by atomic mass is 16.5. The number of hydrogen-bond donors (Lipinski definition) is 0. The number of rotatable bonds is 6. The molecule has 28 heavy (non-hydrogen) atoms. The highest BCUT2D eigenvalue weighted by Gasteiger charge is 2.12. The van der Waals surface area contributed by atoms with Gasteiger partial charge in [-0.3, -0.25) is 14.2 Å².